The molecule has 0 fully saturated rings. The maximum absolute atomic E-state index is 12.4. The van der Waals surface area contributed by atoms with Gasteiger partial charge in [-0.15, -0.1) is 0 Å². The van der Waals surface area contributed by atoms with Gasteiger partial charge in [-0.2, -0.15) is 13.2 Å². The highest BCUT2D eigenvalue weighted by Crippen LogP contribution is 2.40. The quantitative estimate of drug-likeness (QED) is 0.613. The van der Waals surface area contributed by atoms with Crippen molar-refractivity contribution in [2.45, 2.75) is 29.7 Å². The number of alkyl halides is 3. The molecule has 1 aliphatic carbocycles. The number of anilines is 1. The van der Waals surface area contributed by atoms with Crippen molar-refractivity contribution in [2.75, 3.05) is 11.9 Å². The number of para-hydroxylation sites is 1. The van der Waals surface area contributed by atoms with Gasteiger partial charge >= 0.3 is 5.51 Å². The molecule has 0 amide bonds. The molecule has 0 saturated heterocycles. The van der Waals surface area contributed by atoms with Gasteiger partial charge in [0.15, 0.2) is 0 Å². The number of nitrogens with one attached hydrogen (secondary N) is 1. The summed E-state index contributed by atoms with van der Waals surface area (Å²) in [5.74, 6) is 0.508. The Balaban J connectivity index is 1.97. The lowest BCUT2D eigenvalue weighted by atomic mass is 9.94. The van der Waals surface area contributed by atoms with Crippen LogP contribution in [-0.4, -0.2) is 12.1 Å². The Kier molecular flexibility index (Phi) is 4.80. The molecule has 104 valence electrons. The first-order chi connectivity index (χ1) is 9.04. The Hall–Kier alpha value is -1.10. The fourth-order valence-corrected chi connectivity index (χ4v) is 2.77. The van der Waals surface area contributed by atoms with Crippen molar-refractivity contribution in [2.24, 2.45) is 5.92 Å². The van der Waals surface area contributed by atoms with Gasteiger partial charge in [0, 0.05) is 17.1 Å². The summed E-state index contributed by atoms with van der Waals surface area (Å²) in [6.45, 7) is 0.722. The molecule has 5 heteroatoms. The van der Waals surface area contributed by atoms with E-state index in [1.54, 1.807) is 18.2 Å². The zero-order chi connectivity index (χ0) is 13.7. The highest BCUT2D eigenvalue weighted by molar-refractivity contribution is 8.00. The molecule has 0 bridgehead atoms. The molecule has 0 aromatic heterocycles. The molecule has 1 unspecified atom stereocenters. The third-order valence-electron chi connectivity index (χ3n) is 3.07. The van der Waals surface area contributed by atoms with Gasteiger partial charge < -0.3 is 5.32 Å². The van der Waals surface area contributed by atoms with Crippen LogP contribution in [0.1, 0.15) is 19.3 Å². The molecule has 1 aromatic rings. The molecule has 0 radical (unpaired) electrons. The summed E-state index contributed by atoms with van der Waals surface area (Å²) in [5, 5.41) is 3.15. The fourth-order valence-electron chi connectivity index (χ4n) is 2.12. The van der Waals surface area contributed by atoms with Crippen LogP contribution in [0.15, 0.2) is 41.3 Å². The van der Waals surface area contributed by atoms with Gasteiger partial charge in [-0.05, 0) is 49.1 Å². The number of hydrogen-bond donors (Lipinski definition) is 1. The second-order valence-electron chi connectivity index (χ2n) is 4.58. The minimum Gasteiger partial charge on any atom is -0.384 e. The van der Waals surface area contributed by atoms with Gasteiger partial charge in [-0.1, -0.05) is 24.3 Å². The number of hydrogen-bond acceptors (Lipinski definition) is 2. The highest BCUT2D eigenvalue weighted by atomic mass is 32.2. The molecule has 2 rings (SSSR count). The SMILES string of the molecule is FC(F)(F)Sc1ccccc1NCC1CC=CCC1. The zero-order valence-electron chi connectivity index (χ0n) is 10.4. The number of thioether (sulfide) groups is 1. The van der Waals surface area contributed by atoms with Crippen LogP contribution in [0.4, 0.5) is 18.9 Å². The van der Waals surface area contributed by atoms with Crippen molar-refractivity contribution >= 4 is 17.4 Å². The van der Waals surface area contributed by atoms with Crippen molar-refractivity contribution in [1.82, 2.24) is 0 Å². The van der Waals surface area contributed by atoms with Crippen LogP contribution in [0.3, 0.4) is 0 Å². The van der Waals surface area contributed by atoms with E-state index in [9.17, 15) is 13.2 Å². The summed E-state index contributed by atoms with van der Waals surface area (Å²) in [6.07, 6.45) is 7.46. The van der Waals surface area contributed by atoms with Crippen molar-refractivity contribution in [3.63, 3.8) is 0 Å². The molecular weight excluding hydrogens is 271 g/mol. The smallest absolute Gasteiger partial charge is 0.384 e. The zero-order valence-corrected chi connectivity index (χ0v) is 11.2. The van der Waals surface area contributed by atoms with Gasteiger partial charge in [-0.3, -0.25) is 0 Å². The van der Waals surface area contributed by atoms with E-state index in [0.29, 0.717) is 11.6 Å². The van der Waals surface area contributed by atoms with Gasteiger partial charge in [-0.25, -0.2) is 0 Å². The molecule has 0 spiro atoms. The molecule has 1 nitrogen and oxygen atoms in total. The molecule has 0 aliphatic heterocycles. The van der Waals surface area contributed by atoms with Crippen LogP contribution >= 0.6 is 11.8 Å². The minimum absolute atomic E-state index is 0.0625. The van der Waals surface area contributed by atoms with Gasteiger partial charge in [0.2, 0.25) is 0 Å². The Morgan fingerprint density at radius 1 is 1.21 bits per heavy atom. The third kappa shape index (κ3) is 4.82. The van der Waals surface area contributed by atoms with Crippen molar-refractivity contribution in [1.29, 1.82) is 0 Å². The van der Waals surface area contributed by atoms with E-state index in [4.69, 9.17) is 0 Å². The summed E-state index contributed by atoms with van der Waals surface area (Å²) < 4.78 is 37.3. The normalized spacial score (nSPS) is 19.4. The number of benzene rings is 1. The minimum atomic E-state index is -4.24. The Morgan fingerprint density at radius 3 is 2.68 bits per heavy atom. The number of rotatable bonds is 4. The van der Waals surface area contributed by atoms with Crippen LogP contribution in [0.5, 0.6) is 0 Å². The molecule has 0 heterocycles. The average molecular weight is 287 g/mol. The molecule has 0 saturated carbocycles. The molecule has 19 heavy (non-hydrogen) atoms. The van der Waals surface area contributed by atoms with Crippen molar-refractivity contribution in [3.05, 3.63) is 36.4 Å². The average Bonchev–Trinajstić information content (AvgIpc) is 2.37. The first kappa shape index (κ1) is 14.3. The van der Waals surface area contributed by atoms with E-state index >= 15 is 0 Å². The predicted molar refractivity (Wildman–Crippen MR) is 73.3 cm³/mol. The summed E-state index contributed by atoms with van der Waals surface area (Å²) in [6, 6.07) is 6.58. The van der Waals surface area contributed by atoms with E-state index < -0.39 is 5.51 Å². The highest BCUT2D eigenvalue weighted by Gasteiger charge is 2.30. The molecule has 1 aromatic carbocycles. The van der Waals surface area contributed by atoms with E-state index in [1.165, 1.54) is 6.07 Å². The van der Waals surface area contributed by atoms with Gasteiger partial charge in [0.1, 0.15) is 0 Å². The van der Waals surface area contributed by atoms with Crippen LogP contribution in [-0.2, 0) is 0 Å². The second kappa shape index (κ2) is 6.37. The largest absolute Gasteiger partial charge is 0.446 e. The lowest BCUT2D eigenvalue weighted by Crippen LogP contribution is -2.16. The predicted octanol–water partition coefficient (Wildman–Crippen LogP) is 5.07. The maximum Gasteiger partial charge on any atom is 0.446 e. The molecule has 1 aliphatic rings. The standard InChI is InChI=1S/C14H16F3NS/c15-14(16,17)19-13-9-5-4-8-12(13)18-10-11-6-2-1-3-7-11/h1-2,4-5,8-9,11,18H,3,6-7,10H2. The Labute approximate surface area is 115 Å². The summed E-state index contributed by atoms with van der Waals surface area (Å²) >= 11 is -0.0625. The number of halogens is 3. The lowest BCUT2D eigenvalue weighted by Gasteiger charge is -2.20. The Morgan fingerprint density at radius 2 is 2.00 bits per heavy atom. The third-order valence-corrected chi connectivity index (χ3v) is 3.88. The summed E-state index contributed by atoms with van der Waals surface area (Å²) in [5.41, 5.74) is -3.68. The Bertz CT molecular complexity index is 443. The topological polar surface area (TPSA) is 12.0 Å². The van der Waals surface area contributed by atoms with Crippen LogP contribution in [0, 0.1) is 5.92 Å². The first-order valence-corrected chi connectivity index (χ1v) is 7.10. The maximum atomic E-state index is 12.4. The monoisotopic (exact) mass is 287 g/mol. The van der Waals surface area contributed by atoms with Crippen LogP contribution < -0.4 is 5.32 Å². The van der Waals surface area contributed by atoms with Gasteiger partial charge in [0.25, 0.3) is 0 Å². The second-order valence-corrected chi connectivity index (χ2v) is 5.68. The van der Waals surface area contributed by atoms with Gasteiger partial charge in [0.05, 0.1) is 0 Å². The van der Waals surface area contributed by atoms with Crippen LogP contribution in [0.2, 0.25) is 0 Å². The fraction of sp³-hybridized carbons (Fsp3) is 0.429. The number of allylic oxidation sites excluding steroid dienone is 2. The first-order valence-electron chi connectivity index (χ1n) is 6.28. The van der Waals surface area contributed by atoms with Crippen LogP contribution in [0.25, 0.3) is 0 Å². The summed E-state index contributed by atoms with van der Waals surface area (Å²) in [7, 11) is 0. The van der Waals surface area contributed by atoms with Crippen molar-refractivity contribution < 1.29 is 13.2 Å². The van der Waals surface area contributed by atoms with Crippen molar-refractivity contribution in [3.8, 4) is 0 Å². The van der Waals surface area contributed by atoms with E-state index in [1.807, 2.05) is 0 Å². The molecular formula is C14H16F3NS. The molecule has 1 atom stereocenters. The van der Waals surface area contributed by atoms with E-state index in [-0.39, 0.29) is 16.7 Å². The van der Waals surface area contributed by atoms with E-state index in [0.717, 1.165) is 25.8 Å². The van der Waals surface area contributed by atoms with E-state index in [2.05, 4.69) is 17.5 Å². The lowest BCUT2D eigenvalue weighted by molar-refractivity contribution is -0.0327. The molecule has 1 N–H and O–H groups in total. The summed E-state index contributed by atoms with van der Waals surface area (Å²) in [4.78, 5) is 0.237.